The van der Waals surface area contributed by atoms with E-state index in [9.17, 15) is 0 Å². The Morgan fingerprint density at radius 1 is 1.47 bits per heavy atom. The van der Waals surface area contributed by atoms with Gasteiger partial charge >= 0.3 is 0 Å². The highest BCUT2D eigenvalue weighted by Crippen LogP contribution is 2.22. The lowest BCUT2D eigenvalue weighted by Crippen LogP contribution is -2.32. The molecule has 3 rings (SSSR count). The van der Waals surface area contributed by atoms with E-state index in [1.54, 1.807) is 0 Å². The van der Waals surface area contributed by atoms with Crippen molar-refractivity contribution in [1.29, 1.82) is 0 Å². The van der Waals surface area contributed by atoms with Crippen molar-refractivity contribution in [3.8, 4) is 0 Å². The Balaban J connectivity index is 1.83. The van der Waals surface area contributed by atoms with Gasteiger partial charge in [0.1, 0.15) is 5.52 Å². The van der Waals surface area contributed by atoms with Gasteiger partial charge in [-0.2, -0.15) is 5.10 Å². The van der Waals surface area contributed by atoms with Crippen LogP contribution in [0.1, 0.15) is 12.8 Å². The van der Waals surface area contributed by atoms with E-state index < -0.39 is 0 Å². The molecule has 2 heterocycles. The van der Waals surface area contributed by atoms with E-state index in [4.69, 9.17) is 0 Å². The number of nitrogens with zero attached hydrogens (tertiary/aromatic N) is 2. The lowest BCUT2D eigenvalue weighted by atomic mass is 10.00. The molecule has 4 heteroatoms. The average Bonchev–Trinajstić information content (AvgIpc) is 2.74. The third-order valence-corrected chi connectivity index (χ3v) is 4.02. The SMILES string of the molecule is Brc1cccc2cn(CC3CCCNC3)nc12. The van der Waals surface area contributed by atoms with E-state index in [0.29, 0.717) is 0 Å². The van der Waals surface area contributed by atoms with E-state index in [0.717, 1.165) is 29.0 Å². The van der Waals surface area contributed by atoms with Crippen LogP contribution >= 0.6 is 15.9 Å². The van der Waals surface area contributed by atoms with Gasteiger partial charge in [-0.15, -0.1) is 0 Å². The predicted octanol–water partition coefficient (Wildman–Crippen LogP) is 2.80. The quantitative estimate of drug-likeness (QED) is 0.923. The van der Waals surface area contributed by atoms with Gasteiger partial charge in [-0.25, -0.2) is 0 Å². The zero-order valence-electron chi connectivity index (χ0n) is 9.69. The molecule has 17 heavy (non-hydrogen) atoms. The van der Waals surface area contributed by atoms with Crippen LogP contribution in [-0.4, -0.2) is 22.9 Å². The van der Waals surface area contributed by atoms with Crippen LogP contribution in [-0.2, 0) is 6.54 Å². The number of piperidine rings is 1. The van der Waals surface area contributed by atoms with E-state index in [1.807, 2.05) is 6.07 Å². The molecule has 1 saturated heterocycles. The summed E-state index contributed by atoms with van der Waals surface area (Å²) < 4.78 is 3.17. The molecule has 1 unspecified atom stereocenters. The minimum absolute atomic E-state index is 0.719. The molecule has 1 aliphatic rings. The Morgan fingerprint density at radius 3 is 3.18 bits per heavy atom. The van der Waals surface area contributed by atoms with Gasteiger partial charge in [0.05, 0.1) is 0 Å². The number of benzene rings is 1. The van der Waals surface area contributed by atoms with E-state index >= 15 is 0 Å². The number of hydrogen-bond acceptors (Lipinski definition) is 2. The Hall–Kier alpha value is -0.870. The Bertz CT molecular complexity index is 514. The van der Waals surface area contributed by atoms with Gasteiger partial charge < -0.3 is 5.32 Å². The molecule has 0 radical (unpaired) electrons. The minimum atomic E-state index is 0.719. The second-order valence-electron chi connectivity index (χ2n) is 4.74. The summed E-state index contributed by atoms with van der Waals surface area (Å²) in [5, 5.41) is 9.31. The van der Waals surface area contributed by atoms with Crippen molar-refractivity contribution in [2.45, 2.75) is 19.4 Å². The summed E-state index contributed by atoms with van der Waals surface area (Å²) in [6.07, 6.45) is 4.74. The number of rotatable bonds is 2. The van der Waals surface area contributed by atoms with Crippen molar-refractivity contribution >= 4 is 26.8 Å². The number of fused-ring (bicyclic) bond motifs is 1. The normalized spacial score (nSPS) is 20.9. The van der Waals surface area contributed by atoms with Gasteiger partial charge in [-0.05, 0) is 53.8 Å². The van der Waals surface area contributed by atoms with Crippen molar-refractivity contribution in [3.05, 3.63) is 28.9 Å². The number of aromatic nitrogens is 2. The lowest BCUT2D eigenvalue weighted by molar-refractivity contribution is 0.326. The summed E-state index contributed by atoms with van der Waals surface area (Å²) in [6.45, 7) is 3.31. The molecular formula is C13H16BrN3. The number of halogens is 1. The van der Waals surface area contributed by atoms with Crippen LogP contribution < -0.4 is 5.32 Å². The minimum Gasteiger partial charge on any atom is -0.316 e. The van der Waals surface area contributed by atoms with E-state index in [-0.39, 0.29) is 0 Å². The van der Waals surface area contributed by atoms with Crippen molar-refractivity contribution < 1.29 is 0 Å². The highest BCUT2D eigenvalue weighted by atomic mass is 79.9. The fraction of sp³-hybridized carbons (Fsp3) is 0.462. The fourth-order valence-electron chi connectivity index (χ4n) is 2.50. The first-order chi connectivity index (χ1) is 8.33. The average molecular weight is 294 g/mol. The molecule has 3 nitrogen and oxygen atoms in total. The third-order valence-electron chi connectivity index (χ3n) is 3.38. The first-order valence-corrected chi connectivity index (χ1v) is 6.94. The summed E-state index contributed by atoms with van der Waals surface area (Å²) >= 11 is 3.55. The zero-order chi connectivity index (χ0) is 11.7. The molecule has 0 spiro atoms. The summed E-state index contributed by atoms with van der Waals surface area (Å²) in [5.41, 5.74) is 1.07. The Labute approximate surface area is 109 Å². The second-order valence-corrected chi connectivity index (χ2v) is 5.60. The molecule has 90 valence electrons. The van der Waals surface area contributed by atoms with Crippen molar-refractivity contribution in [2.75, 3.05) is 13.1 Å². The van der Waals surface area contributed by atoms with Crippen LogP contribution in [0.3, 0.4) is 0 Å². The van der Waals surface area contributed by atoms with Crippen LogP contribution in [0.5, 0.6) is 0 Å². The highest BCUT2D eigenvalue weighted by Gasteiger charge is 2.14. The smallest absolute Gasteiger partial charge is 0.106 e. The zero-order valence-corrected chi connectivity index (χ0v) is 11.3. The van der Waals surface area contributed by atoms with E-state index in [2.05, 4.69) is 49.4 Å². The molecule has 1 N–H and O–H groups in total. The molecule has 2 aromatic rings. The maximum Gasteiger partial charge on any atom is 0.106 e. The Morgan fingerprint density at radius 2 is 2.41 bits per heavy atom. The van der Waals surface area contributed by atoms with Gasteiger partial charge in [0.2, 0.25) is 0 Å². The third kappa shape index (κ3) is 2.38. The molecule has 1 fully saturated rings. The molecule has 1 atom stereocenters. The summed E-state index contributed by atoms with van der Waals surface area (Å²) in [7, 11) is 0. The molecule has 1 aliphatic heterocycles. The van der Waals surface area contributed by atoms with Crippen molar-refractivity contribution in [1.82, 2.24) is 15.1 Å². The summed E-state index contributed by atoms with van der Waals surface area (Å²) in [5.74, 6) is 0.719. The molecule has 0 amide bonds. The highest BCUT2D eigenvalue weighted by molar-refractivity contribution is 9.10. The van der Waals surface area contributed by atoms with Crippen molar-refractivity contribution in [2.24, 2.45) is 5.92 Å². The van der Waals surface area contributed by atoms with Crippen molar-refractivity contribution in [3.63, 3.8) is 0 Å². The van der Waals surface area contributed by atoms with Gasteiger partial charge in [-0.1, -0.05) is 12.1 Å². The van der Waals surface area contributed by atoms with Crippen LogP contribution in [0.15, 0.2) is 28.9 Å². The van der Waals surface area contributed by atoms with Crippen LogP contribution in [0.4, 0.5) is 0 Å². The van der Waals surface area contributed by atoms with Gasteiger partial charge in [0.15, 0.2) is 0 Å². The van der Waals surface area contributed by atoms with Gasteiger partial charge in [0, 0.05) is 22.6 Å². The largest absolute Gasteiger partial charge is 0.316 e. The fourth-order valence-corrected chi connectivity index (χ4v) is 2.96. The molecule has 1 aromatic carbocycles. The maximum atomic E-state index is 4.65. The number of hydrogen-bond donors (Lipinski definition) is 1. The molecule has 0 aliphatic carbocycles. The summed E-state index contributed by atoms with van der Waals surface area (Å²) in [4.78, 5) is 0. The Kier molecular flexibility index (Phi) is 3.16. The molecular weight excluding hydrogens is 278 g/mol. The van der Waals surface area contributed by atoms with E-state index in [1.165, 1.54) is 24.8 Å². The molecule has 0 bridgehead atoms. The topological polar surface area (TPSA) is 29.9 Å². The lowest BCUT2D eigenvalue weighted by Gasteiger charge is -2.22. The number of nitrogens with one attached hydrogen (secondary N) is 1. The van der Waals surface area contributed by atoms with Crippen LogP contribution in [0.2, 0.25) is 0 Å². The van der Waals surface area contributed by atoms with Crippen LogP contribution in [0, 0.1) is 5.92 Å². The predicted molar refractivity (Wildman–Crippen MR) is 73.0 cm³/mol. The molecule has 0 saturated carbocycles. The van der Waals surface area contributed by atoms with Gasteiger partial charge in [0.25, 0.3) is 0 Å². The second kappa shape index (κ2) is 4.78. The van der Waals surface area contributed by atoms with Crippen LogP contribution in [0.25, 0.3) is 10.9 Å². The van der Waals surface area contributed by atoms with Gasteiger partial charge in [-0.3, -0.25) is 4.68 Å². The first kappa shape index (κ1) is 11.2. The molecule has 1 aromatic heterocycles. The standard InChI is InChI=1S/C13H16BrN3/c14-12-5-1-4-11-9-17(16-13(11)12)8-10-3-2-6-15-7-10/h1,4-5,9-10,15H,2-3,6-8H2. The first-order valence-electron chi connectivity index (χ1n) is 6.15. The maximum absolute atomic E-state index is 4.65. The summed E-state index contributed by atoms with van der Waals surface area (Å²) in [6, 6.07) is 6.21. The monoisotopic (exact) mass is 293 g/mol.